The predicted molar refractivity (Wildman–Crippen MR) is 99.4 cm³/mol. The van der Waals surface area contributed by atoms with Gasteiger partial charge in [-0.1, -0.05) is 36.7 Å². The highest BCUT2D eigenvalue weighted by Gasteiger charge is 2.25. The number of anilines is 2. The molecule has 0 bridgehead atoms. The molecule has 8 heteroatoms. The van der Waals surface area contributed by atoms with Gasteiger partial charge in [0.05, 0.1) is 5.69 Å². The normalized spacial score (nSPS) is 11.9. The molecular formula is C17H18BrFN2O3S. The van der Waals surface area contributed by atoms with Crippen molar-refractivity contribution in [1.82, 2.24) is 0 Å². The topological polar surface area (TPSA) is 75.3 Å². The van der Waals surface area contributed by atoms with E-state index in [-0.39, 0.29) is 16.5 Å². The van der Waals surface area contributed by atoms with E-state index in [9.17, 15) is 17.6 Å². The van der Waals surface area contributed by atoms with Crippen LogP contribution in [-0.2, 0) is 14.8 Å². The number of hydrogen-bond donors (Lipinski definition) is 2. The van der Waals surface area contributed by atoms with Crippen molar-refractivity contribution in [3.8, 4) is 0 Å². The fourth-order valence-corrected chi connectivity index (χ4v) is 3.36. The Morgan fingerprint density at radius 3 is 2.24 bits per heavy atom. The van der Waals surface area contributed by atoms with Crippen molar-refractivity contribution in [3.63, 3.8) is 0 Å². The van der Waals surface area contributed by atoms with Crippen LogP contribution < -0.4 is 10.0 Å². The third-order valence-electron chi connectivity index (χ3n) is 3.26. The molecule has 0 spiro atoms. The van der Waals surface area contributed by atoms with Gasteiger partial charge in [-0.3, -0.25) is 9.52 Å². The molecular weight excluding hydrogens is 411 g/mol. The Balaban J connectivity index is 2.40. The summed E-state index contributed by atoms with van der Waals surface area (Å²) in [5.74, 6) is -1.09. The molecule has 1 amide bonds. The zero-order valence-electron chi connectivity index (χ0n) is 13.9. The summed E-state index contributed by atoms with van der Waals surface area (Å²) in [6, 6.07) is 9.67. The third kappa shape index (κ3) is 5.02. The highest BCUT2D eigenvalue weighted by molar-refractivity contribution is 9.10. The van der Waals surface area contributed by atoms with E-state index < -0.39 is 21.3 Å². The fraction of sp³-hybridized carbons (Fsp3) is 0.235. The summed E-state index contributed by atoms with van der Waals surface area (Å²) in [4.78, 5) is 11.8. The molecule has 0 aliphatic carbocycles. The predicted octanol–water partition coefficient (Wildman–Crippen LogP) is 4.37. The third-order valence-corrected chi connectivity index (χ3v) is 5.21. The molecule has 134 valence electrons. The van der Waals surface area contributed by atoms with Crippen LogP contribution in [0.15, 0.2) is 51.8 Å². The van der Waals surface area contributed by atoms with E-state index in [2.05, 4.69) is 26.0 Å². The minimum Gasteiger partial charge on any atom is -0.324 e. The van der Waals surface area contributed by atoms with Gasteiger partial charge in [0, 0.05) is 15.6 Å². The Labute approximate surface area is 154 Å². The Bertz CT molecular complexity index is 891. The van der Waals surface area contributed by atoms with Crippen molar-refractivity contribution in [2.24, 2.45) is 5.41 Å². The maximum atomic E-state index is 13.6. The number of nitrogens with one attached hydrogen (secondary N) is 2. The summed E-state index contributed by atoms with van der Waals surface area (Å²) in [6.07, 6.45) is 0. The summed E-state index contributed by atoms with van der Waals surface area (Å²) in [6.45, 7) is 5.08. The lowest BCUT2D eigenvalue weighted by Gasteiger charge is -2.19. The van der Waals surface area contributed by atoms with E-state index in [1.54, 1.807) is 45.0 Å². The lowest BCUT2D eigenvalue weighted by atomic mass is 9.95. The Kier molecular flexibility index (Phi) is 5.53. The molecule has 2 aromatic carbocycles. The zero-order chi connectivity index (χ0) is 18.8. The molecule has 0 heterocycles. The van der Waals surface area contributed by atoms with Crippen molar-refractivity contribution in [3.05, 3.63) is 52.8 Å². The standard InChI is InChI=1S/C17H18BrFN2O3S/c1-17(2,3)16(22)20-14-9-6-12(19)10-15(14)25(23,24)21-13-7-4-11(18)5-8-13/h4-10,21H,1-3H3,(H,20,22). The minimum atomic E-state index is -4.09. The summed E-state index contributed by atoms with van der Waals surface area (Å²) in [5, 5.41) is 2.55. The van der Waals surface area contributed by atoms with E-state index in [0.29, 0.717) is 5.69 Å². The summed E-state index contributed by atoms with van der Waals surface area (Å²) in [5.41, 5.74) is -0.388. The van der Waals surface area contributed by atoms with Gasteiger partial charge in [-0.15, -0.1) is 0 Å². The average Bonchev–Trinajstić information content (AvgIpc) is 2.50. The maximum absolute atomic E-state index is 13.6. The summed E-state index contributed by atoms with van der Waals surface area (Å²) in [7, 11) is -4.09. The molecule has 0 saturated heterocycles. The average molecular weight is 429 g/mol. The monoisotopic (exact) mass is 428 g/mol. The number of hydrogen-bond acceptors (Lipinski definition) is 3. The number of amides is 1. The molecule has 0 aliphatic rings. The van der Waals surface area contributed by atoms with Crippen molar-refractivity contribution in [2.45, 2.75) is 25.7 Å². The summed E-state index contributed by atoms with van der Waals surface area (Å²) >= 11 is 3.26. The minimum absolute atomic E-state index is 0.0194. The van der Waals surface area contributed by atoms with Crippen LogP contribution in [0, 0.1) is 11.2 Å². The summed E-state index contributed by atoms with van der Waals surface area (Å²) < 4.78 is 42.1. The van der Waals surface area contributed by atoms with Gasteiger partial charge < -0.3 is 5.32 Å². The number of rotatable bonds is 4. The number of carbonyl (C=O) groups excluding carboxylic acids is 1. The van der Waals surface area contributed by atoms with Crippen molar-refractivity contribution in [1.29, 1.82) is 0 Å². The number of carbonyl (C=O) groups is 1. The molecule has 0 unspecified atom stereocenters. The molecule has 5 nitrogen and oxygen atoms in total. The highest BCUT2D eigenvalue weighted by atomic mass is 79.9. The van der Waals surface area contributed by atoms with Crippen molar-refractivity contribution < 1.29 is 17.6 Å². The van der Waals surface area contributed by atoms with Crippen LogP contribution >= 0.6 is 15.9 Å². The van der Waals surface area contributed by atoms with E-state index in [4.69, 9.17) is 0 Å². The second-order valence-corrected chi connectivity index (χ2v) is 9.02. The van der Waals surface area contributed by atoms with Crippen LogP contribution in [0.2, 0.25) is 0 Å². The van der Waals surface area contributed by atoms with Gasteiger partial charge in [0.15, 0.2) is 0 Å². The largest absolute Gasteiger partial charge is 0.324 e. The van der Waals surface area contributed by atoms with Gasteiger partial charge in [-0.2, -0.15) is 0 Å². The smallest absolute Gasteiger partial charge is 0.264 e. The molecule has 2 rings (SSSR count). The quantitative estimate of drug-likeness (QED) is 0.758. The Morgan fingerprint density at radius 2 is 1.68 bits per heavy atom. The molecule has 0 fully saturated rings. The van der Waals surface area contributed by atoms with Gasteiger partial charge in [0.25, 0.3) is 10.0 Å². The fourth-order valence-electron chi connectivity index (χ4n) is 1.86. The number of benzene rings is 2. The van der Waals surface area contributed by atoms with Crippen LogP contribution in [0.3, 0.4) is 0 Å². The molecule has 2 N–H and O–H groups in total. The maximum Gasteiger partial charge on any atom is 0.264 e. The first-order valence-corrected chi connectivity index (χ1v) is 9.66. The first kappa shape index (κ1) is 19.4. The first-order valence-electron chi connectivity index (χ1n) is 7.38. The van der Waals surface area contributed by atoms with Gasteiger partial charge in [-0.05, 0) is 42.5 Å². The Hall–Kier alpha value is -1.93. The highest BCUT2D eigenvalue weighted by Crippen LogP contribution is 2.27. The molecule has 2 aromatic rings. The van der Waals surface area contributed by atoms with E-state index in [1.807, 2.05) is 0 Å². The van der Waals surface area contributed by atoms with E-state index in [1.165, 1.54) is 6.07 Å². The van der Waals surface area contributed by atoms with Crippen LogP contribution in [0.5, 0.6) is 0 Å². The van der Waals surface area contributed by atoms with Crippen LogP contribution in [0.25, 0.3) is 0 Å². The second kappa shape index (κ2) is 7.13. The molecule has 0 atom stereocenters. The zero-order valence-corrected chi connectivity index (χ0v) is 16.3. The van der Waals surface area contributed by atoms with Gasteiger partial charge in [-0.25, -0.2) is 12.8 Å². The lowest BCUT2D eigenvalue weighted by Crippen LogP contribution is -2.28. The molecule has 0 radical (unpaired) electrons. The SMILES string of the molecule is CC(C)(C)C(=O)Nc1ccc(F)cc1S(=O)(=O)Nc1ccc(Br)cc1. The molecule has 0 aliphatic heterocycles. The van der Waals surface area contributed by atoms with Crippen molar-refractivity contribution in [2.75, 3.05) is 10.0 Å². The number of sulfonamides is 1. The molecule has 0 saturated carbocycles. The van der Waals surface area contributed by atoms with Gasteiger partial charge in [0.2, 0.25) is 5.91 Å². The first-order chi connectivity index (χ1) is 11.5. The van der Waals surface area contributed by atoms with E-state index >= 15 is 0 Å². The van der Waals surface area contributed by atoms with Crippen molar-refractivity contribution >= 4 is 43.2 Å². The van der Waals surface area contributed by atoms with Gasteiger partial charge in [0.1, 0.15) is 10.7 Å². The molecule has 25 heavy (non-hydrogen) atoms. The number of halogens is 2. The van der Waals surface area contributed by atoms with Crippen LogP contribution in [-0.4, -0.2) is 14.3 Å². The Morgan fingerprint density at radius 1 is 1.08 bits per heavy atom. The van der Waals surface area contributed by atoms with Crippen LogP contribution in [0.1, 0.15) is 20.8 Å². The molecule has 0 aromatic heterocycles. The van der Waals surface area contributed by atoms with Gasteiger partial charge >= 0.3 is 0 Å². The van der Waals surface area contributed by atoms with Crippen LogP contribution in [0.4, 0.5) is 15.8 Å². The second-order valence-electron chi connectivity index (χ2n) is 6.46. The van der Waals surface area contributed by atoms with E-state index in [0.717, 1.165) is 16.6 Å². The lowest BCUT2D eigenvalue weighted by molar-refractivity contribution is -0.123.